The Bertz CT molecular complexity index is 1790. The Labute approximate surface area is 274 Å². The van der Waals surface area contributed by atoms with E-state index in [1.54, 1.807) is 11.8 Å². The summed E-state index contributed by atoms with van der Waals surface area (Å²) in [6, 6.07) is 5.73. The maximum atomic E-state index is 15.5. The van der Waals surface area contributed by atoms with Gasteiger partial charge in [-0.25, -0.2) is 14.2 Å². The predicted molar refractivity (Wildman–Crippen MR) is 154 cm³/mol. The van der Waals surface area contributed by atoms with Crippen molar-refractivity contribution in [3.05, 3.63) is 68.9 Å². The first-order valence-electron chi connectivity index (χ1n) is 14.6. The molecule has 1 atom stereocenters. The summed E-state index contributed by atoms with van der Waals surface area (Å²) < 4.78 is 149. The van der Waals surface area contributed by atoms with Crippen molar-refractivity contribution in [3.63, 3.8) is 0 Å². The van der Waals surface area contributed by atoms with Gasteiger partial charge >= 0.3 is 24.3 Å². The molecule has 1 unspecified atom stereocenters. The van der Waals surface area contributed by atoms with Crippen molar-refractivity contribution < 1.29 is 57.9 Å². The van der Waals surface area contributed by atoms with Crippen LogP contribution in [0, 0.1) is 11.7 Å². The quantitative estimate of drug-likeness (QED) is 0.164. The minimum atomic E-state index is -4.79. The molecule has 0 aliphatic carbocycles. The van der Waals surface area contributed by atoms with Crippen molar-refractivity contribution in [2.45, 2.75) is 57.4 Å². The number of likely N-dealkylation sites (tertiary alicyclic amines) is 1. The number of aromatic amines is 1. The minimum absolute atomic E-state index is 0.0395. The summed E-state index contributed by atoms with van der Waals surface area (Å²) in [4.78, 5) is 20.3. The van der Waals surface area contributed by atoms with E-state index in [2.05, 4.69) is 19.6 Å². The van der Waals surface area contributed by atoms with Gasteiger partial charge in [0.2, 0.25) is 0 Å². The van der Waals surface area contributed by atoms with Crippen LogP contribution in [-0.2, 0) is 12.7 Å². The highest BCUT2D eigenvalue weighted by atomic mass is 32.1. The number of halogens is 10. The molecule has 2 aromatic heterocycles. The van der Waals surface area contributed by atoms with Crippen molar-refractivity contribution in [3.8, 4) is 33.5 Å². The van der Waals surface area contributed by atoms with Crippen LogP contribution in [0.1, 0.15) is 48.4 Å². The van der Waals surface area contributed by atoms with Crippen LogP contribution in [0.2, 0.25) is 0 Å². The zero-order valence-electron chi connectivity index (χ0n) is 25.2. The highest BCUT2D eigenvalue weighted by Gasteiger charge is 2.41. The van der Waals surface area contributed by atoms with Crippen LogP contribution in [0.5, 0.6) is 11.5 Å². The Morgan fingerprint density at radius 2 is 1.69 bits per heavy atom. The van der Waals surface area contributed by atoms with Gasteiger partial charge in [0, 0.05) is 18.2 Å². The molecule has 5 rings (SSSR count). The molecule has 1 N–H and O–H groups in total. The summed E-state index contributed by atoms with van der Waals surface area (Å²) in [6.07, 6.45) is -14.9. The van der Waals surface area contributed by atoms with Gasteiger partial charge in [0.1, 0.15) is 16.9 Å². The molecule has 0 radical (unpaired) electrons. The number of nitrogens with one attached hydrogen (secondary N) is 1. The van der Waals surface area contributed by atoms with E-state index in [4.69, 9.17) is 9.47 Å². The molecular formula is C30H26F10N4O4S. The molecule has 49 heavy (non-hydrogen) atoms. The Balaban J connectivity index is 1.49. The van der Waals surface area contributed by atoms with E-state index < -0.39 is 71.6 Å². The van der Waals surface area contributed by atoms with E-state index in [9.17, 15) is 44.3 Å². The van der Waals surface area contributed by atoms with Crippen LogP contribution in [-0.4, -0.2) is 52.1 Å². The van der Waals surface area contributed by atoms with Crippen molar-refractivity contribution in [1.29, 1.82) is 0 Å². The minimum Gasteiger partial charge on any atom is -0.483 e. The lowest BCUT2D eigenvalue weighted by molar-refractivity contribution is -0.185. The third-order valence-corrected chi connectivity index (χ3v) is 8.90. The Kier molecular flexibility index (Phi) is 10.3. The molecule has 0 bridgehead atoms. The fraction of sp³-hybridized carbons (Fsp3) is 0.433. The molecule has 19 heteroatoms. The second-order valence-corrected chi connectivity index (χ2v) is 12.2. The van der Waals surface area contributed by atoms with Crippen molar-refractivity contribution in [2.75, 3.05) is 19.7 Å². The summed E-state index contributed by atoms with van der Waals surface area (Å²) in [5.74, 6) is -5.15. The number of thiazole rings is 1. The van der Waals surface area contributed by atoms with E-state index in [0.717, 1.165) is 35.6 Å². The highest BCUT2D eigenvalue weighted by molar-refractivity contribution is 7.15. The molecule has 1 aliphatic heterocycles. The van der Waals surface area contributed by atoms with Crippen LogP contribution < -0.4 is 15.2 Å². The standard InChI is InChI=1S/C30H26F10N4O4S/c1-2-21(47-23-12-22(46-14-28(32,33)34)18(11-19(23)31)25-42-27(45)48-43-25)24-20(13-44-9-7-17(8-10-44)30(38,39)40)41-26(49-24)15-3-5-16(6-4-15)29(35,36)37/h3-6,11-12,17,21H,2,7-10,13-14H2,1H3,(H,42,43,45). The van der Waals surface area contributed by atoms with Gasteiger partial charge in [-0.05, 0) is 50.6 Å². The summed E-state index contributed by atoms with van der Waals surface area (Å²) in [6.45, 7) is 0.0556. The maximum Gasteiger partial charge on any atom is 0.439 e. The van der Waals surface area contributed by atoms with Gasteiger partial charge in [-0.1, -0.05) is 24.2 Å². The first-order chi connectivity index (χ1) is 22.9. The average Bonchev–Trinajstić information content (AvgIpc) is 3.65. The SMILES string of the molecule is CCC(Oc1cc(OCC(F)(F)F)c(-c2noc(=O)[nH]2)cc1F)c1sc(-c2ccc(C(F)(F)F)cc2)nc1CN1CCC(C(F)(F)F)CC1. The molecule has 1 saturated heterocycles. The second kappa shape index (κ2) is 14.0. The second-order valence-electron chi connectivity index (χ2n) is 11.1. The number of hydrogen-bond donors (Lipinski definition) is 1. The molecule has 8 nitrogen and oxygen atoms in total. The lowest BCUT2D eigenvalue weighted by Crippen LogP contribution is -2.38. The first-order valence-corrected chi connectivity index (χ1v) is 15.4. The van der Waals surface area contributed by atoms with Crippen molar-refractivity contribution >= 4 is 11.3 Å². The fourth-order valence-corrected chi connectivity index (χ4v) is 6.39. The first kappa shape index (κ1) is 36.2. The smallest absolute Gasteiger partial charge is 0.439 e. The van der Waals surface area contributed by atoms with Crippen LogP contribution in [0.25, 0.3) is 22.0 Å². The van der Waals surface area contributed by atoms with Gasteiger partial charge in [0.15, 0.2) is 24.0 Å². The Morgan fingerprint density at radius 1 is 1.02 bits per heavy atom. The normalized spacial score (nSPS) is 15.8. The molecule has 1 aliphatic rings. The molecule has 0 spiro atoms. The predicted octanol–water partition coefficient (Wildman–Crippen LogP) is 8.56. The van der Waals surface area contributed by atoms with Gasteiger partial charge in [-0.3, -0.25) is 14.4 Å². The maximum absolute atomic E-state index is 15.5. The number of H-pyrrole nitrogens is 1. The third-order valence-electron chi connectivity index (χ3n) is 7.66. The number of hydrogen-bond acceptors (Lipinski definition) is 8. The van der Waals surface area contributed by atoms with Gasteiger partial charge in [-0.15, -0.1) is 11.3 Å². The van der Waals surface area contributed by atoms with E-state index in [1.165, 1.54) is 12.1 Å². The zero-order chi connectivity index (χ0) is 35.7. The molecule has 3 heterocycles. The number of nitrogens with zero attached hydrogens (tertiary/aromatic N) is 3. The van der Waals surface area contributed by atoms with Gasteiger partial charge < -0.3 is 9.47 Å². The molecule has 0 saturated carbocycles. The van der Waals surface area contributed by atoms with Crippen LogP contribution in [0.15, 0.2) is 45.7 Å². The van der Waals surface area contributed by atoms with Gasteiger partial charge in [0.25, 0.3) is 0 Å². The zero-order valence-corrected chi connectivity index (χ0v) is 26.0. The van der Waals surface area contributed by atoms with Gasteiger partial charge in [0.05, 0.1) is 27.6 Å². The third kappa shape index (κ3) is 8.92. The summed E-state index contributed by atoms with van der Waals surface area (Å²) in [5, 5.41) is 3.63. The van der Waals surface area contributed by atoms with E-state index in [0.29, 0.717) is 16.1 Å². The monoisotopic (exact) mass is 728 g/mol. The number of benzene rings is 2. The van der Waals surface area contributed by atoms with Crippen LogP contribution in [0.3, 0.4) is 0 Å². The Hall–Kier alpha value is -4.13. The van der Waals surface area contributed by atoms with Crippen LogP contribution in [0.4, 0.5) is 43.9 Å². The summed E-state index contributed by atoms with van der Waals surface area (Å²) in [5.41, 5.74) is -0.648. The number of ether oxygens (including phenoxy) is 2. The lowest BCUT2D eigenvalue weighted by Gasteiger charge is -2.32. The average molecular weight is 729 g/mol. The fourth-order valence-electron chi connectivity index (χ4n) is 5.19. The van der Waals surface area contributed by atoms with E-state index in [1.807, 2.05) is 0 Å². The van der Waals surface area contributed by atoms with Crippen molar-refractivity contribution in [1.82, 2.24) is 20.0 Å². The molecule has 0 amide bonds. The van der Waals surface area contributed by atoms with Crippen LogP contribution >= 0.6 is 11.3 Å². The number of aromatic nitrogens is 3. The number of rotatable bonds is 10. The molecule has 2 aromatic carbocycles. The summed E-state index contributed by atoms with van der Waals surface area (Å²) >= 11 is 1.01. The molecule has 4 aromatic rings. The van der Waals surface area contributed by atoms with E-state index >= 15 is 4.39 Å². The van der Waals surface area contributed by atoms with Gasteiger partial charge in [-0.2, -0.15) is 39.5 Å². The number of alkyl halides is 9. The largest absolute Gasteiger partial charge is 0.483 e. The molecular weight excluding hydrogens is 702 g/mol. The summed E-state index contributed by atoms with van der Waals surface area (Å²) in [7, 11) is 0. The van der Waals surface area contributed by atoms with Crippen molar-refractivity contribution in [2.24, 2.45) is 5.92 Å². The number of piperidine rings is 1. The lowest BCUT2D eigenvalue weighted by atomic mass is 9.96. The molecule has 266 valence electrons. The van der Waals surface area contributed by atoms with E-state index in [-0.39, 0.29) is 49.5 Å². The molecule has 1 fully saturated rings. The highest BCUT2D eigenvalue weighted by Crippen LogP contribution is 2.42. The Morgan fingerprint density at radius 3 is 2.24 bits per heavy atom. The topological polar surface area (TPSA) is 93.5 Å².